The van der Waals surface area contributed by atoms with Gasteiger partial charge >= 0.3 is 5.97 Å². The van der Waals surface area contributed by atoms with Crippen LogP contribution in [0.3, 0.4) is 0 Å². The summed E-state index contributed by atoms with van der Waals surface area (Å²) in [6.45, 7) is 2.01. The zero-order valence-electron chi connectivity index (χ0n) is 9.87. The largest absolute Gasteiger partial charge is 0.466 e. The van der Waals surface area contributed by atoms with Gasteiger partial charge in [0.25, 0.3) is 0 Å². The molecule has 0 aliphatic heterocycles. The molecule has 94 valence electrons. The minimum atomic E-state index is -0.885. The van der Waals surface area contributed by atoms with E-state index in [4.69, 9.17) is 4.74 Å². The molecular formula is C13H18O4. The molecule has 0 amide bonds. The fourth-order valence-electron chi connectivity index (χ4n) is 1.56. The Kier molecular flexibility index (Phi) is 5.66. The van der Waals surface area contributed by atoms with Gasteiger partial charge in [0.1, 0.15) is 0 Å². The van der Waals surface area contributed by atoms with E-state index in [-0.39, 0.29) is 12.8 Å². The molecule has 0 saturated heterocycles. The summed E-state index contributed by atoms with van der Waals surface area (Å²) >= 11 is 0. The lowest BCUT2D eigenvalue weighted by Crippen LogP contribution is -2.18. The summed E-state index contributed by atoms with van der Waals surface area (Å²) in [5, 5.41) is 19.4. The third-order valence-corrected chi connectivity index (χ3v) is 2.39. The number of aliphatic hydroxyl groups excluding tert-OH is 2. The Morgan fingerprint density at radius 3 is 2.53 bits per heavy atom. The van der Waals surface area contributed by atoms with Crippen molar-refractivity contribution in [3.05, 3.63) is 35.9 Å². The first kappa shape index (κ1) is 13.7. The summed E-state index contributed by atoms with van der Waals surface area (Å²) in [5.74, 6) is -0.444. The van der Waals surface area contributed by atoms with Crippen LogP contribution in [0.25, 0.3) is 0 Å². The standard InChI is InChI=1S/C13H18O4/c1-2-17-13(16)9-11(14)8-12(15)10-6-4-3-5-7-10/h3-7,11-12,14-15H,2,8-9H2,1H3. The van der Waals surface area contributed by atoms with Crippen LogP contribution in [0.2, 0.25) is 0 Å². The molecule has 0 heterocycles. The van der Waals surface area contributed by atoms with Crippen molar-refractivity contribution in [2.24, 2.45) is 0 Å². The van der Waals surface area contributed by atoms with Crippen molar-refractivity contribution in [1.29, 1.82) is 0 Å². The summed E-state index contributed by atoms with van der Waals surface area (Å²) in [6, 6.07) is 9.04. The molecule has 2 N–H and O–H groups in total. The van der Waals surface area contributed by atoms with Crippen LogP contribution < -0.4 is 0 Å². The first-order valence-corrected chi connectivity index (χ1v) is 5.70. The molecule has 0 saturated carbocycles. The highest BCUT2D eigenvalue weighted by molar-refractivity contribution is 5.69. The number of hydrogen-bond donors (Lipinski definition) is 2. The molecule has 0 aliphatic carbocycles. The fraction of sp³-hybridized carbons (Fsp3) is 0.462. The Bertz CT molecular complexity index is 337. The lowest BCUT2D eigenvalue weighted by molar-refractivity contribution is -0.145. The molecule has 2 unspecified atom stereocenters. The van der Waals surface area contributed by atoms with Crippen LogP contribution in [0.1, 0.15) is 31.4 Å². The van der Waals surface area contributed by atoms with Crippen molar-refractivity contribution in [3.8, 4) is 0 Å². The molecule has 0 bridgehead atoms. The van der Waals surface area contributed by atoms with Gasteiger partial charge in [-0.05, 0) is 12.5 Å². The summed E-state index contributed by atoms with van der Waals surface area (Å²) in [7, 11) is 0. The average molecular weight is 238 g/mol. The maximum absolute atomic E-state index is 11.1. The molecular weight excluding hydrogens is 220 g/mol. The number of carbonyl (C=O) groups excluding carboxylic acids is 1. The second kappa shape index (κ2) is 7.04. The Hall–Kier alpha value is -1.39. The van der Waals surface area contributed by atoms with Gasteiger partial charge in [-0.1, -0.05) is 30.3 Å². The van der Waals surface area contributed by atoms with Crippen LogP contribution >= 0.6 is 0 Å². The minimum absolute atomic E-state index is 0.0856. The van der Waals surface area contributed by atoms with Crippen LogP contribution in [-0.4, -0.2) is 28.9 Å². The second-order valence-electron chi connectivity index (χ2n) is 3.83. The first-order valence-electron chi connectivity index (χ1n) is 5.70. The Balaban J connectivity index is 2.41. The Labute approximate surface area is 101 Å². The van der Waals surface area contributed by atoms with Crippen molar-refractivity contribution >= 4 is 5.97 Å². The molecule has 0 fully saturated rings. The summed E-state index contributed by atoms with van der Waals surface area (Å²) < 4.78 is 4.72. The lowest BCUT2D eigenvalue weighted by Gasteiger charge is -2.15. The fourth-order valence-corrected chi connectivity index (χ4v) is 1.56. The smallest absolute Gasteiger partial charge is 0.308 e. The van der Waals surface area contributed by atoms with Gasteiger partial charge in [-0.25, -0.2) is 0 Å². The molecule has 17 heavy (non-hydrogen) atoms. The van der Waals surface area contributed by atoms with Crippen molar-refractivity contribution in [2.45, 2.75) is 32.0 Å². The van der Waals surface area contributed by atoms with E-state index < -0.39 is 18.2 Å². The second-order valence-corrected chi connectivity index (χ2v) is 3.83. The van der Waals surface area contributed by atoms with Gasteiger partial charge in [0, 0.05) is 6.42 Å². The molecule has 0 spiro atoms. The number of hydrogen-bond acceptors (Lipinski definition) is 4. The molecule has 0 aromatic heterocycles. The summed E-state index contributed by atoms with van der Waals surface area (Å²) in [5.41, 5.74) is 0.732. The van der Waals surface area contributed by atoms with Crippen LogP contribution in [0.5, 0.6) is 0 Å². The van der Waals surface area contributed by atoms with Gasteiger partial charge in [-0.2, -0.15) is 0 Å². The molecule has 1 aromatic carbocycles. The van der Waals surface area contributed by atoms with Crippen molar-refractivity contribution in [3.63, 3.8) is 0 Å². The zero-order chi connectivity index (χ0) is 12.7. The van der Waals surface area contributed by atoms with Crippen molar-refractivity contribution < 1.29 is 19.7 Å². The van der Waals surface area contributed by atoms with Crippen molar-refractivity contribution in [2.75, 3.05) is 6.61 Å². The molecule has 1 aromatic rings. The molecule has 2 atom stereocenters. The van der Waals surface area contributed by atoms with Crippen molar-refractivity contribution in [1.82, 2.24) is 0 Å². The van der Waals surface area contributed by atoms with Crippen LogP contribution in [0.4, 0.5) is 0 Å². The van der Waals surface area contributed by atoms with E-state index in [1.54, 1.807) is 19.1 Å². The number of ether oxygens (including phenoxy) is 1. The van der Waals surface area contributed by atoms with E-state index in [0.717, 1.165) is 5.56 Å². The van der Waals surface area contributed by atoms with Gasteiger partial charge < -0.3 is 14.9 Å². The molecule has 4 heteroatoms. The van der Waals surface area contributed by atoms with Gasteiger partial charge in [0.15, 0.2) is 0 Å². The van der Waals surface area contributed by atoms with Gasteiger partial charge in [0.2, 0.25) is 0 Å². The third-order valence-electron chi connectivity index (χ3n) is 2.39. The number of carbonyl (C=O) groups is 1. The monoisotopic (exact) mass is 238 g/mol. The van der Waals surface area contributed by atoms with Gasteiger partial charge in [0.05, 0.1) is 25.2 Å². The quantitative estimate of drug-likeness (QED) is 0.736. The predicted molar refractivity (Wildman–Crippen MR) is 63.3 cm³/mol. The Morgan fingerprint density at radius 2 is 1.94 bits per heavy atom. The van der Waals surface area contributed by atoms with E-state index in [1.807, 2.05) is 18.2 Å². The normalized spacial score (nSPS) is 14.1. The number of aliphatic hydroxyl groups is 2. The number of benzene rings is 1. The molecule has 0 radical (unpaired) electrons. The maximum Gasteiger partial charge on any atom is 0.308 e. The molecule has 1 rings (SSSR count). The lowest BCUT2D eigenvalue weighted by atomic mass is 10.0. The minimum Gasteiger partial charge on any atom is -0.466 e. The molecule has 4 nitrogen and oxygen atoms in total. The number of esters is 1. The van der Waals surface area contributed by atoms with Crippen LogP contribution in [-0.2, 0) is 9.53 Å². The van der Waals surface area contributed by atoms with Gasteiger partial charge in [-0.15, -0.1) is 0 Å². The van der Waals surface area contributed by atoms with Gasteiger partial charge in [-0.3, -0.25) is 4.79 Å². The zero-order valence-corrected chi connectivity index (χ0v) is 9.87. The highest BCUT2D eigenvalue weighted by Gasteiger charge is 2.17. The van der Waals surface area contributed by atoms with E-state index in [0.29, 0.717) is 6.61 Å². The van der Waals surface area contributed by atoms with E-state index >= 15 is 0 Å². The molecule has 0 aliphatic rings. The average Bonchev–Trinajstić information content (AvgIpc) is 2.30. The topological polar surface area (TPSA) is 66.8 Å². The maximum atomic E-state index is 11.1. The van der Waals surface area contributed by atoms with E-state index in [1.165, 1.54) is 0 Å². The summed E-state index contributed by atoms with van der Waals surface area (Å²) in [6.07, 6.45) is -1.61. The Morgan fingerprint density at radius 1 is 1.29 bits per heavy atom. The first-order chi connectivity index (χ1) is 8.13. The van der Waals surface area contributed by atoms with Crippen LogP contribution in [0.15, 0.2) is 30.3 Å². The highest BCUT2D eigenvalue weighted by atomic mass is 16.5. The SMILES string of the molecule is CCOC(=O)CC(O)CC(O)c1ccccc1. The number of rotatable bonds is 6. The summed E-state index contributed by atoms with van der Waals surface area (Å²) in [4.78, 5) is 11.1. The van der Waals surface area contributed by atoms with E-state index in [2.05, 4.69) is 0 Å². The highest BCUT2D eigenvalue weighted by Crippen LogP contribution is 2.19. The third kappa shape index (κ3) is 4.97. The predicted octanol–water partition coefficient (Wildman–Crippen LogP) is 1.42. The van der Waals surface area contributed by atoms with Crippen LogP contribution in [0, 0.1) is 0 Å². The van der Waals surface area contributed by atoms with E-state index in [9.17, 15) is 15.0 Å².